The van der Waals surface area contributed by atoms with Gasteiger partial charge in [-0.2, -0.15) is 0 Å². The highest BCUT2D eigenvalue weighted by atomic mass is 35.5. The Hall–Kier alpha value is -1.86. The molecule has 0 radical (unpaired) electrons. The van der Waals surface area contributed by atoms with Crippen LogP contribution in [0.4, 0.5) is 0 Å². The van der Waals surface area contributed by atoms with Gasteiger partial charge in [0.1, 0.15) is 0 Å². The Morgan fingerprint density at radius 2 is 1.72 bits per heavy atom. The van der Waals surface area contributed by atoms with Gasteiger partial charge >= 0.3 is 0 Å². The molecule has 1 aromatic heterocycles. The Kier molecular flexibility index (Phi) is 2.77. The largest absolute Gasteiger partial charge is 0.247 e. The lowest BCUT2D eigenvalue weighted by Gasteiger charge is -2.06. The summed E-state index contributed by atoms with van der Waals surface area (Å²) in [7, 11) is 0. The fourth-order valence-electron chi connectivity index (χ4n) is 2.11. The molecule has 3 rings (SSSR count). The lowest BCUT2D eigenvalue weighted by Crippen LogP contribution is -1.88. The number of pyridine rings is 1. The zero-order valence-corrected chi connectivity index (χ0v) is 10.8. The van der Waals surface area contributed by atoms with Crippen molar-refractivity contribution in [3.63, 3.8) is 0 Å². The van der Waals surface area contributed by atoms with Crippen molar-refractivity contribution in [1.82, 2.24) is 4.98 Å². The first-order valence-corrected chi connectivity index (χ1v) is 6.25. The van der Waals surface area contributed by atoms with Gasteiger partial charge in [0.2, 0.25) is 0 Å². The number of halogens is 1. The van der Waals surface area contributed by atoms with E-state index < -0.39 is 0 Å². The first-order valence-electron chi connectivity index (χ1n) is 5.87. The van der Waals surface area contributed by atoms with Crippen LogP contribution in [0, 0.1) is 6.92 Å². The molecule has 1 nitrogen and oxygen atoms in total. The summed E-state index contributed by atoms with van der Waals surface area (Å²) in [6.07, 6.45) is 0. The molecule has 1 heterocycles. The van der Waals surface area contributed by atoms with Gasteiger partial charge in [-0.05, 0) is 24.6 Å². The predicted molar refractivity (Wildman–Crippen MR) is 76.9 cm³/mol. The van der Waals surface area contributed by atoms with Crippen molar-refractivity contribution >= 4 is 22.5 Å². The van der Waals surface area contributed by atoms with Crippen LogP contribution in [0.2, 0.25) is 5.02 Å². The molecule has 0 saturated heterocycles. The molecule has 0 bridgehead atoms. The summed E-state index contributed by atoms with van der Waals surface area (Å²) in [6.45, 7) is 2.08. The number of rotatable bonds is 1. The highest BCUT2D eigenvalue weighted by molar-refractivity contribution is 6.33. The minimum absolute atomic E-state index is 0.734. The van der Waals surface area contributed by atoms with E-state index in [2.05, 4.69) is 31.2 Å². The van der Waals surface area contributed by atoms with Crippen LogP contribution in [-0.2, 0) is 0 Å². The molecule has 0 saturated carbocycles. The number of hydrogen-bond acceptors (Lipinski definition) is 1. The van der Waals surface area contributed by atoms with Crippen molar-refractivity contribution in [1.29, 1.82) is 0 Å². The van der Waals surface area contributed by atoms with Crippen molar-refractivity contribution in [2.45, 2.75) is 6.92 Å². The molecule has 2 heteroatoms. The maximum absolute atomic E-state index is 6.21. The molecule has 0 unspecified atom stereocenters. The Morgan fingerprint density at radius 1 is 0.889 bits per heavy atom. The minimum Gasteiger partial charge on any atom is -0.247 e. The molecule has 2 aromatic carbocycles. The number of aryl methyl sites for hydroxylation is 1. The minimum atomic E-state index is 0.734. The van der Waals surface area contributed by atoms with Crippen molar-refractivity contribution in [3.05, 3.63) is 65.2 Å². The third kappa shape index (κ3) is 1.87. The van der Waals surface area contributed by atoms with E-state index in [-0.39, 0.29) is 0 Å². The maximum Gasteiger partial charge on any atom is 0.0738 e. The van der Waals surface area contributed by atoms with Crippen molar-refractivity contribution in [2.75, 3.05) is 0 Å². The van der Waals surface area contributed by atoms with Gasteiger partial charge in [-0.3, -0.25) is 0 Å². The quantitative estimate of drug-likeness (QED) is 0.603. The second-order valence-corrected chi connectivity index (χ2v) is 4.73. The first kappa shape index (κ1) is 11.2. The number of para-hydroxylation sites is 1. The molecule has 3 aromatic rings. The van der Waals surface area contributed by atoms with Crippen LogP contribution < -0.4 is 0 Å². The Labute approximate surface area is 111 Å². The van der Waals surface area contributed by atoms with Gasteiger partial charge in [-0.25, -0.2) is 4.98 Å². The molecule has 0 aliphatic carbocycles. The lowest BCUT2D eigenvalue weighted by molar-refractivity contribution is 1.36. The van der Waals surface area contributed by atoms with E-state index in [1.165, 1.54) is 5.56 Å². The topological polar surface area (TPSA) is 12.9 Å². The molecule has 0 atom stereocenters. The standard InChI is InChI=1S/C16H12ClN/c1-11-5-4-6-12-9-10-15(18-16(11)12)13-7-2-3-8-14(13)17/h2-10H,1H3. The van der Waals surface area contributed by atoms with E-state index in [0.29, 0.717) is 0 Å². The number of nitrogens with zero attached hydrogens (tertiary/aromatic N) is 1. The van der Waals surface area contributed by atoms with E-state index in [0.717, 1.165) is 27.2 Å². The summed E-state index contributed by atoms with van der Waals surface area (Å²) < 4.78 is 0. The summed E-state index contributed by atoms with van der Waals surface area (Å²) in [5.74, 6) is 0. The zero-order valence-electron chi connectivity index (χ0n) is 10.0. The summed E-state index contributed by atoms with van der Waals surface area (Å²) in [5.41, 5.74) is 4.11. The van der Waals surface area contributed by atoms with Gasteiger partial charge in [-0.1, -0.05) is 54.1 Å². The highest BCUT2D eigenvalue weighted by Crippen LogP contribution is 2.28. The second kappa shape index (κ2) is 4.43. The normalized spacial score (nSPS) is 10.8. The average molecular weight is 254 g/mol. The molecule has 0 spiro atoms. The second-order valence-electron chi connectivity index (χ2n) is 4.32. The van der Waals surface area contributed by atoms with Gasteiger partial charge in [0, 0.05) is 16.0 Å². The van der Waals surface area contributed by atoms with E-state index in [1.807, 2.05) is 30.3 Å². The summed E-state index contributed by atoms with van der Waals surface area (Å²) in [6, 6.07) is 18.1. The molecule has 0 aliphatic rings. The fourth-order valence-corrected chi connectivity index (χ4v) is 2.35. The van der Waals surface area contributed by atoms with Crippen molar-refractivity contribution in [2.24, 2.45) is 0 Å². The Morgan fingerprint density at radius 3 is 2.56 bits per heavy atom. The van der Waals surface area contributed by atoms with Gasteiger partial charge < -0.3 is 0 Å². The van der Waals surface area contributed by atoms with Crippen LogP contribution in [0.3, 0.4) is 0 Å². The average Bonchev–Trinajstić information content (AvgIpc) is 2.40. The van der Waals surface area contributed by atoms with Gasteiger partial charge in [0.05, 0.1) is 11.2 Å². The highest BCUT2D eigenvalue weighted by Gasteiger charge is 2.06. The summed E-state index contributed by atoms with van der Waals surface area (Å²) in [4.78, 5) is 4.72. The van der Waals surface area contributed by atoms with E-state index >= 15 is 0 Å². The Bertz CT molecular complexity index is 719. The van der Waals surface area contributed by atoms with Crippen LogP contribution in [-0.4, -0.2) is 4.98 Å². The lowest BCUT2D eigenvalue weighted by atomic mass is 10.1. The smallest absolute Gasteiger partial charge is 0.0738 e. The molecule has 18 heavy (non-hydrogen) atoms. The van der Waals surface area contributed by atoms with Crippen LogP contribution in [0.5, 0.6) is 0 Å². The number of fused-ring (bicyclic) bond motifs is 1. The molecule has 0 amide bonds. The maximum atomic E-state index is 6.21. The summed E-state index contributed by atoms with van der Waals surface area (Å²) in [5, 5.41) is 1.89. The monoisotopic (exact) mass is 253 g/mol. The van der Waals surface area contributed by atoms with Crippen LogP contribution >= 0.6 is 11.6 Å². The van der Waals surface area contributed by atoms with E-state index in [4.69, 9.17) is 16.6 Å². The van der Waals surface area contributed by atoms with Crippen LogP contribution in [0.1, 0.15) is 5.56 Å². The number of benzene rings is 2. The molecular weight excluding hydrogens is 242 g/mol. The third-order valence-corrected chi connectivity index (χ3v) is 3.40. The van der Waals surface area contributed by atoms with Gasteiger partial charge in [0.15, 0.2) is 0 Å². The molecule has 0 fully saturated rings. The molecule has 0 N–H and O–H groups in total. The van der Waals surface area contributed by atoms with Crippen molar-refractivity contribution in [3.8, 4) is 11.3 Å². The third-order valence-electron chi connectivity index (χ3n) is 3.07. The molecule has 0 aliphatic heterocycles. The molecular formula is C16H12ClN. The van der Waals surface area contributed by atoms with Gasteiger partial charge in [0.25, 0.3) is 0 Å². The SMILES string of the molecule is Cc1cccc2ccc(-c3ccccc3Cl)nc12. The molecule has 88 valence electrons. The van der Waals surface area contributed by atoms with Crippen LogP contribution in [0.25, 0.3) is 22.2 Å². The fraction of sp³-hybridized carbons (Fsp3) is 0.0625. The summed E-state index contributed by atoms with van der Waals surface area (Å²) >= 11 is 6.21. The van der Waals surface area contributed by atoms with E-state index in [1.54, 1.807) is 0 Å². The first-order chi connectivity index (χ1) is 8.75. The van der Waals surface area contributed by atoms with Crippen LogP contribution in [0.15, 0.2) is 54.6 Å². The number of hydrogen-bond donors (Lipinski definition) is 0. The van der Waals surface area contributed by atoms with Gasteiger partial charge in [-0.15, -0.1) is 0 Å². The predicted octanol–water partition coefficient (Wildman–Crippen LogP) is 4.86. The zero-order chi connectivity index (χ0) is 12.5. The Balaban J connectivity index is 2.26. The number of aromatic nitrogens is 1. The van der Waals surface area contributed by atoms with E-state index in [9.17, 15) is 0 Å². The van der Waals surface area contributed by atoms with Crippen molar-refractivity contribution < 1.29 is 0 Å².